The first-order valence-electron chi connectivity index (χ1n) is 11.0. The molecule has 6 nitrogen and oxygen atoms in total. The number of aryl methyl sites for hydroxylation is 1. The topological polar surface area (TPSA) is 78.1 Å². The molecule has 172 valence electrons. The quantitative estimate of drug-likeness (QED) is 0.538. The fourth-order valence-corrected chi connectivity index (χ4v) is 5.45. The molecule has 2 fully saturated rings. The Labute approximate surface area is 194 Å². The summed E-state index contributed by atoms with van der Waals surface area (Å²) in [5.41, 5.74) is 3.16. The normalized spacial score (nSPS) is 19.1. The van der Waals surface area contributed by atoms with E-state index in [0.717, 1.165) is 53.1 Å². The summed E-state index contributed by atoms with van der Waals surface area (Å²) in [5.74, 6) is -1.88. The summed E-state index contributed by atoms with van der Waals surface area (Å²) in [6.07, 6.45) is 2.30. The molecule has 3 aromatic rings. The summed E-state index contributed by atoms with van der Waals surface area (Å²) in [7, 11) is 0. The summed E-state index contributed by atoms with van der Waals surface area (Å²) in [4.78, 5) is 34.9. The van der Waals surface area contributed by atoms with Crippen LogP contribution in [0.5, 0.6) is 0 Å². The zero-order chi connectivity index (χ0) is 23.2. The van der Waals surface area contributed by atoms with E-state index in [9.17, 15) is 18.4 Å². The molecule has 1 atom stereocenters. The van der Waals surface area contributed by atoms with Gasteiger partial charge in [0.15, 0.2) is 16.8 Å². The number of thioether (sulfide) groups is 1. The van der Waals surface area contributed by atoms with E-state index in [-0.39, 0.29) is 28.8 Å². The summed E-state index contributed by atoms with van der Waals surface area (Å²) in [5, 5.41) is 3.42. The van der Waals surface area contributed by atoms with Gasteiger partial charge >= 0.3 is 0 Å². The van der Waals surface area contributed by atoms with Gasteiger partial charge in [-0.2, -0.15) is 0 Å². The van der Waals surface area contributed by atoms with Crippen LogP contribution in [-0.4, -0.2) is 45.5 Å². The first-order chi connectivity index (χ1) is 15.8. The van der Waals surface area contributed by atoms with E-state index in [1.54, 1.807) is 0 Å². The molecule has 0 bridgehead atoms. The van der Waals surface area contributed by atoms with E-state index in [1.165, 1.54) is 17.8 Å². The number of imidazole rings is 1. The van der Waals surface area contributed by atoms with Crippen LogP contribution >= 0.6 is 11.8 Å². The molecule has 1 unspecified atom stereocenters. The van der Waals surface area contributed by atoms with Gasteiger partial charge in [0.2, 0.25) is 11.8 Å². The predicted octanol–water partition coefficient (Wildman–Crippen LogP) is 4.51. The Balaban J connectivity index is 1.11. The van der Waals surface area contributed by atoms with Crippen molar-refractivity contribution < 1.29 is 18.4 Å². The Kier molecular flexibility index (Phi) is 5.60. The molecule has 2 amide bonds. The third kappa shape index (κ3) is 4.46. The molecule has 1 aromatic heterocycles. The number of amides is 2. The largest absolute Gasteiger partial charge is 0.342 e. The number of nitrogens with zero attached hydrogens (tertiary/aromatic N) is 2. The van der Waals surface area contributed by atoms with Crippen LogP contribution in [-0.2, 0) is 9.59 Å². The highest BCUT2D eigenvalue weighted by Gasteiger charge is 2.58. The number of carbonyl (C=O) groups excluding carboxylic acids is 2. The maximum atomic E-state index is 13.4. The average molecular weight is 471 g/mol. The van der Waals surface area contributed by atoms with Crippen LogP contribution < -0.4 is 5.32 Å². The highest BCUT2D eigenvalue weighted by Crippen LogP contribution is 2.59. The fraction of sp³-hybridized carbons (Fsp3) is 0.375. The molecule has 1 aliphatic heterocycles. The Morgan fingerprint density at radius 1 is 1.18 bits per heavy atom. The van der Waals surface area contributed by atoms with Crippen LogP contribution in [0, 0.1) is 29.9 Å². The van der Waals surface area contributed by atoms with Gasteiger partial charge in [-0.05, 0) is 61.4 Å². The van der Waals surface area contributed by atoms with Gasteiger partial charge in [0.1, 0.15) is 0 Å². The number of fused-ring (bicyclic) bond motifs is 1. The van der Waals surface area contributed by atoms with Gasteiger partial charge in [-0.3, -0.25) is 9.59 Å². The van der Waals surface area contributed by atoms with Crippen molar-refractivity contribution in [3.63, 3.8) is 0 Å². The van der Waals surface area contributed by atoms with Crippen molar-refractivity contribution >= 4 is 40.3 Å². The van der Waals surface area contributed by atoms with Gasteiger partial charge in [0, 0.05) is 30.8 Å². The number of aromatic amines is 1. The van der Waals surface area contributed by atoms with E-state index >= 15 is 0 Å². The fourth-order valence-electron chi connectivity index (χ4n) is 4.67. The highest BCUT2D eigenvalue weighted by molar-refractivity contribution is 7.99. The van der Waals surface area contributed by atoms with E-state index in [1.807, 2.05) is 30.0 Å². The Hall–Kier alpha value is -2.94. The highest BCUT2D eigenvalue weighted by atomic mass is 32.2. The van der Waals surface area contributed by atoms with E-state index in [4.69, 9.17) is 0 Å². The molecule has 1 aliphatic carbocycles. The smallest absolute Gasteiger partial charge is 0.233 e. The standard InChI is InChI=1S/C24H24F2N4O2S/c1-14-2-5-19-20(10-14)29-23(28-19)33-13-21(31)30-8-6-24(7-9-30)12-16(24)22(32)27-15-3-4-17(25)18(26)11-15/h2-5,10-11,16H,6-9,12-13H2,1H3,(H,27,32)(H,28,29). The zero-order valence-corrected chi connectivity index (χ0v) is 19.0. The van der Waals surface area contributed by atoms with Crippen molar-refractivity contribution in [3.8, 4) is 0 Å². The molecule has 0 radical (unpaired) electrons. The van der Waals surface area contributed by atoms with Gasteiger partial charge in [0.05, 0.1) is 16.8 Å². The van der Waals surface area contributed by atoms with Gasteiger partial charge in [-0.25, -0.2) is 13.8 Å². The molecule has 2 aromatic carbocycles. The molecule has 2 aliphatic rings. The molecule has 9 heteroatoms. The van der Waals surface area contributed by atoms with Crippen molar-refractivity contribution in [2.24, 2.45) is 11.3 Å². The second-order valence-corrected chi connectivity index (χ2v) is 9.93. The lowest BCUT2D eigenvalue weighted by Crippen LogP contribution is -2.41. The number of halogens is 2. The molecule has 1 saturated carbocycles. The Morgan fingerprint density at radius 3 is 2.73 bits per heavy atom. The third-order valence-corrected chi connectivity index (χ3v) is 7.61. The minimum Gasteiger partial charge on any atom is -0.342 e. The first kappa shape index (κ1) is 21.9. The number of nitrogens with one attached hydrogen (secondary N) is 2. The summed E-state index contributed by atoms with van der Waals surface area (Å²) >= 11 is 1.40. The number of H-pyrrole nitrogens is 1. The zero-order valence-electron chi connectivity index (χ0n) is 18.2. The number of aromatic nitrogens is 2. The number of hydrogen-bond donors (Lipinski definition) is 2. The lowest BCUT2D eigenvalue weighted by atomic mass is 9.90. The second kappa shape index (κ2) is 8.44. The van der Waals surface area contributed by atoms with Crippen molar-refractivity contribution in [3.05, 3.63) is 53.6 Å². The molecular formula is C24H24F2N4O2S. The van der Waals surface area contributed by atoms with Crippen molar-refractivity contribution in [1.82, 2.24) is 14.9 Å². The Bertz CT molecular complexity index is 1240. The maximum absolute atomic E-state index is 13.4. The number of carbonyl (C=O) groups is 2. The number of likely N-dealkylation sites (tertiary alicyclic amines) is 1. The average Bonchev–Trinajstić information content (AvgIpc) is 3.33. The number of anilines is 1. The second-order valence-electron chi connectivity index (χ2n) is 8.97. The van der Waals surface area contributed by atoms with Crippen molar-refractivity contribution in [1.29, 1.82) is 0 Å². The monoisotopic (exact) mass is 470 g/mol. The number of hydrogen-bond acceptors (Lipinski definition) is 4. The summed E-state index contributed by atoms with van der Waals surface area (Å²) in [6, 6.07) is 9.36. The van der Waals surface area contributed by atoms with Crippen molar-refractivity contribution in [2.75, 3.05) is 24.2 Å². The lowest BCUT2D eigenvalue weighted by molar-refractivity contribution is -0.130. The molecule has 2 heterocycles. The number of benzene rings is 2. The van der Waals surface area contributed by atoms with E-state index in [2.05, 4.69) is 15.3 Å². The van der Waals surface area contributed by atoms with Crippen LogP contribution in [0.4, 0.5) is 14.5 Å². The van der Waals surface area contributed by atoms with Crippen molar-refractivity contribution in [2.45, 2.75) is 31.3 Å². The minimum atomic E-state index is -0.985. The summed E-state index contributed by atoms with van der Waals surface area (Å²) < 4.78 is 26.5. The van der Waals surface area contributed by atoms with Crippen LogP contribution in [0.2, 0.25) is 0 Å². The van der Waals surface area contributed by atoms with Crippen LogP contribution in [0.15, 0.2) is 41.6 Å². The SMILES string of the molecule is Cc1ccc2nc(SCC(=O)N3CCC4(CC3)CC4C(=O)Nc3ccc(F)c(F)c3)[nH]c2c1. The number of rotatable bonds is 5. The molecule has 5 rings (SSSR count). The van der Waals surface area contributed by atoms with Crippen LogP contribution in [0.3, 0.4) is 0 Å². The van der Waals surface area contributed by atoms with Gasteiger partial charge < -0.3 is 15.2 Å². The molecule has 33 heavy (non-hydrogen) atoms. The van der Waals surface area contributed by atoms with E-state index in [0.29, 0.717) is 18.8 Å². The van der Waals surface area contributed by atoms with Gasteiger partial charge in [-0.15, -0.1) is 0 Å². The molecule has 1 saturated heterocycles. The molecule has 2 N–H and O–H groups in total. The molecule has 1 spiro atoms. The third-order valence-electron chi connectivity index (χ3n) is 6.75. The minimum absolute atomic E-state index is 0.0647. The first-order valence-corrected chi connectivity index (χ1v) is 11.9. The van der Waals surface area contributed by atoms with Crippen LogP contribution in [0.1, 0.15) is 24.8 Å². The lowest BCUT2D eigenvalue weighted by Gasteiger charge is -2.32. The maximum Gasteiger partial charge on any atom is 0.233 e. The molecular weight excluding hydrogens is 446 g/mol. The number of piperidine rings is 1. The van der Waals surface area contributed by atoms with Crippen LogP contribution in [0.25, 0.3) is 11.0 Å². The van der Waals surface area contributed by atoms with Gasteiger partial charge in [-0.1, -0.05) is 17.8 Å². The predicted molar refractivity (Wildman–Crippen MR) is 123 cm³/mol. The van der Waals surface area contributed by atoms with Gasteiger partial charge in [0.25, 0.3) is 0 Å². The Morgan fingerprint density at radius 2 is 1.97 bits per heavy atom. The summed E-state index contributed by atoms with van der Waals surface area (Å²) in [6.45, 7) is 3.26. The van der Waals surface area contributed by atoms with E-state index < -0.39 is 11.6 Å².